The number of carbonyl (C=O) groups is 1. The first-order valence-corrected chi connectivity index (χ1v) is 9.14. The molecule has 2 aromatic carbocycles. The fourth-order valence-corrected chi connectivity index (χ4v) is 3.43. The van der Waals surface area contributed by atoms with Gasteiger partial charge in [-0.25, -0.2) is 0 Å². The molecule has 0 radical (unpaired) electrons. The zero-order chi connectivity index (χ0) is 17.8. The third-order valence-electron chi connectivity index (χ3n) is 4.91. The maximum atomic E-state index is 12.7. The standard InChI is InChI=1S/C21H23NO4/c23-20(22-13-11-21(12-14-22)24-15-4-16-25-21)17-7-9-19(10-8-17)26-18-5-2-1-3-6-18/h1-3,5-10H,4,11-16H2. The number of rotatable bonds is 3. The second-order valence-electron chi connectivity index (χ2n) is 6.69. The van der Waals surface area contributed by atoms with Gasteiger partial charge in [-0.2, -0.15) is 0 Å². The van der Waals surface area contributed by atoms with Crippen LogP contribution in [0.4, 0.5) is 0 Å². The number of para-hydroxylation sites is 1. The van der Waals surface area contributed by atoms with Gasteiger partial charge in [-0.15, -0.1) is 0 Å². The second-order valence-corrected chi connectivity index (χ2v) is 6.69. The van der Waals surface area contributed by atoms with Gasteiger partial charge in [0.05, 0.1) is 13.2 Å². The summed E-state index contributed by atoms with van der Waals surface area (Å²) >= 11 is 0. The van der Waals surface area contributed by atoms with E-state index in [1.807, 2.05) is 59.5 Å². The molecule has 0 atom stereocenters. The highest BCUT2D eigenvalue weighted by molar-refractivity contribution is 5.94. The number of amides is 1. The zero-order valence-corrected chi connectivity index (χ0v) is 14.7. The third-order valence-corrected chi connectivity index (χ3v) is 4.91. The average molecular weight is 353 g/mol. The van der Waals surface area contributed by atoms with Gasteiger partial charge >= 0.3 is 0 Å². The Labute approximate surface area is 153 Å². The van der Waals surface area contributed by atoms with E-state index in [-0.39, 0.29) is 5.91 Å². The van der Waals surface area contributed by atoms with E-state index in [0.29, 0.717) is 24.4 Å². The summed E-state index contributed by atoms with van der Waals surface area (Å²) in [6.45, 7) is 2.80. The summed E-state index contributed by atoms with van der Waals surface area (Å²) in [7, 11) is 0. The molecule has 2 aromatic rings. The van der Waals surface area contributed by atoms with Crippen LogP contribution in [0.15, 0.2) is 54.6 Å². The number of benzene rings is 2. The van der Waals surface area contributed by atoms with Gasteiger partial charge in [0, 0.05) is 31.5 Å². The lowest BCUT2D eigenvalue weighted by atomic mass is 10.0. The van der Waals surface area contributed by atoms with Crippen LogP contribution in [-0.4, -0.2) is 42.9 Å². The van der Waals surface area contributed by atoms with Crippen molar-refractivity contribution in [3.63, 3.8) is 0 Å². The largest absolute Gasteiger partial charge is 0.457 e. The van der Waals surface area contributed by atoms with E-state index in [1.165, 1.54) is 0 Å². The Hall–Kier alpha value is -2.37. The van der Waals surface area contributed by atoms with E-state index in [4.69, 9.17) is 14.2 Å². The number of hydrogen-bond donors (Lipinski definition) is 0. The van der Waals surface area contributed by atoms with Crippen molar-refractivity contribution < 1.29 is 19.0 Å². The van der Waals surface area contributed by atoms with Gasteiger partial charge in [0.25, 0.3) is 5.91 Å². The van der Waals surface area contributed by atoms with Crippen molar-refractivity contribution in [3.05, 3.63) is 60.2 Å². The fourth-order valence-electron chi connectivity index (χ4n) is 3.43. The normalized spacial score (nSPS) is 19.3. The number of carbonyl (C=O) groups excluding carboxylic acids is 1. The minimum absolute atomic E-state index is 0.0434. The molecule has 4 rings (SSSR count). The molecule has 26 heavy (non-hydrogen) atoms. The molecule has 5 nitrogen and oxygen atoms in total. The Morgan fingerprint density at radius 2 is 1.50 bits per heavy atom. The van der Waals surface area contributed by atoms with Crippen molar-refractivity contribution >= 4 is 5.91 Å². The molecule has 0 saturated carbocycles. The van der Waals surface area contributed by atoms with E-state index < -0.39 is 5.79 Å². The van der Waals surface area contributed by atoms with Crippen molar-refractivity contribution in [2.45, 2.75) is 25.0 Å². The summed E-state index contributed by atoms with van der Waals surface area (Å²) in [4.78, 5) is 14.6. The average Bonchev–Trinajstić information content (AvgIpc) is 2.70. The van der Waals surface area contributed by atoms with Crippen LogP contribution in [0.3, 0.4) is 0 Å². The Morgan fingerprint density at radius 3 is 2.15 bits per heavy atom. The summed E-state index contributed by atoms with van der Waals surface area (Å²) < 4.78 is 17.4. The molecule has 0 aliphatic carbocycles. The zero-order valence-electron chi connectivity index (χ0n) is 14.7. The van der Waals surface area contributed by atoms with Gasteiger partial charge < -0.3 is 19.1 Å². The van der Waals surface area contributed by atoms with Gasteiger partial charge in [0.2, 0.25) is 0 Å². The van der Waals surface area contributed by atoms with Crippen LogP contribution >= 0.6 is 0 Å². The van der Waals surface area contributed by atoms with Crippen LogP contribution in [0.5, 0.6) is 11.5 Å². The minimum atomic E-state index is -0.470. The molecule has 0 N–H and O–H groups in total. The molecule has 1 spiro atoms. The molecule has 5 heteroatoms. The van der Waals surface area contributed by atoms with E-state index in [2.05, 4.69) is 0 Å². The lowest BCUT2D eigenvalue weighted by Crippen LogP contribution is -2.51. The molecule has 0 aromatic heterocycles. The maximum Gasteiger partial charge on any atom is 0.253 e. The molecule has 136 valence electrons. The van der Waals surface area contributed by atoms with Crippen LogP contribution in [-0.2, 0) is 9.47 Å². The minimum Gasteiger partial charge on any atom is -0.457 e. The summed E-state index contributed by atoms with van der Waals surface area (Å²) in [5.74, 6) is 1.07. The van der Waals surface area contributed by atoms with Gasteiger partial charge in [0.1, 0.15) is 11.5 Å². The van der Waals surface area contributed by atoms with Crippen LogP contribution < -0.4 is 4.74 Å². The molecular weight excluding hydrogens is 330 g/mol. The van der Waals surface area contributed by atoms with Gasteiger partial charge in [-0.1, -0.05) is 18.2 Å². The first-order valence-electron chi connectivity index (χ1n) is 9.14. The predicted octanol–water partition coefficient (Wildman–Crippen LogP) is 3.85. The van der Waals surface area contributed by atoms with Gasteiger partial charge in [-0.3, -0.25) is 4.79 Å². The maximum absolute atomic E-state index is 12.7. The van der Waals surface area contributed by atoms with Crippen LogP contribution in [0, 0.1) is 0 Å². The molecular formula is C21H23NO4. The summed E-state index contributed by atoms with van der Waals surface area (Å²) in [5, 5.41) is 0. The first-order chi connectivity index (χ1) is 12.7. The van der Waals surface area contributed by atoms with Crippen molar-refractivity contribution in [2.75, 3.05) is 26.3 Å². The highest BCUT2D eigenvalue weighted by Gasteiger charge is 2.39. The molecule has 2 heterocycles. The van der Waals surface area contributed by atoms with Crippen molar-refractivity contribution in [1.29, 1.82) is 0 Å². The lowest BCUT2D eigenvalue weighted by Gasteiger charge is -2.43. The Balaban J connectivity index is 1.36. The summed E-state index contributed by atoms with van der Waals surface area (Å²) in [5.41, 5.74) is 0.673. The third kappa shape index (κ3) is 3.74. The molecule has 1 amide bonds. The van der Waals surface area contributed by atoms with E-state index in [1.54, 1.807) is 0 Å². The SMILES string of the molecule is O=C(c1ccc(Oc2ccccc2)cc1)N1CCC2(CC1)OCCCO2. The van der Waals surface area contributed by atoms with Gasteiger partial charge in [0.15, 0.2) is 5.79 Å². The number of hydrogen-bond acceptors (Lipinski definition) is 4. The topological polar surface area (TPSA) is 48.0 Å². The van der Waals surface area contributed by atoms with Crippen LogP contribution in [0.25, 0.3) is 0 Å². The molecule has 0 unspecified atom stereocenters. The van der Waals surface area contributed by atoms with E-state index in [0.717, 1.165) is 38.2 Å². The molecule has 2 saturated heterocycles. The van der Waals surface area contributed by atoms with Crippen molar-refractivity contribution in [3.8, 4) is 11.5 Å². The fraction of sp³-hybridized carbons (Fsp3) is 0.381. The number of piperidine rings is 1. The summed E-state index contributed by atoms with van der Waals surface area (Å²) in [6, 6.07) is 16.9. The molecule has 2 aliphatic rings. The molecule has 2 aliphatic heterocycles. The van der Waals surface area contributed by atoms with E-state index >= 15 is 0 Å². The highest BCUT2D eigenvalue weighted by Crippen LogP contribution is 2.31. The second kappa shape index (κ2) is 7.48. The molecule has 0 bridgehead atoms. The first kappa shape index (κ1) is 17.1. The molecule has 2 fully saturated rings. The van der Waals surface area contributed by atoms with Gasteiger partial charge in [-0.05, 0) is 42.8 Å². The number of nitrogens with zero attached hydrogens (tertiary/aromatic N) is 1. The smallest absolute Gasteiger partial charge is 0.253 e. The summed E-state index contributed by atoms with van der Waals surface area (Å²) in [6.07, 6.45) is 2.41. The van der Waals surface area contributed by atoms with E-state index in [9.17, 15) is 4.79 Å². The Kier molecular flexibility index (Phi) is 4.91. The quantitative estimate of drug-likeness (QED) is 0.841. The number of ether oxygens (including phenoxy) is 3. The van der Waals surface area contributed by atoms with Crippen molar-refractivity contribution in [1.82, 2.24) is 4.90 Å². The van der Waals surface area contributed by atoms with Crippen molar-refractivity contribution in [2.24, 2.45) is 0 Å². The predicted molar refractivity (Wildman–Crippen MR) is 97.3 cm³/mol. The lowest BCUT2D eigenvalue weighted by molar-refractivity contribution is -0.281. The van der Waals surface area contributed by atoms with Crippen LogP contribution in [0.2, 0.25) is 0 Å². The number of likely N-dealkylation sites (tertiary alicyclic amines) is 1. The Bertz CT molecular complexity index is 728. The Morgan fingerprint density at radius 1 is 0.885 bits per heavy atom. The monoisotopic (exact) mass is 353 g/mol. The highest BCUT2D eigenvalue weighted by atomic mass is 16.7. The van der Waals surface area contributed by atoms with Crippen LogP contribution in [0.1, 0.15) is 29.6 Å².